The molecule has 0 aromatic heterocycles. The van der Waals surface area contributed by atoms with E-state index in [1.165, 1.54) is 6.07 Å². The summed E-state index contributed by atoms with van der Waals surface area (Å²) >= 11 is 18.4. The number of carboxylic acids is 1. The minimum absolute atomic E-state index is 0.00274. The molecule has 0 amide bonds. The van der Waals surface area contributed by atoms with Gasteiger partial charge in [0.05, 0.1) is 11.0 Å². The Morgan fingerprint density at radius 2 is 2.10 bits per heavy atom. The van der Waals surface area contributed by atoms with Crippen LogP contribution >= 0.6 is 34.8 Å². The van der Waals surface area contributed by atoms with Crippen LogP contribution in [-0.4, -0.2) is 23.2 Å². The van der Waals surface area contributed by atoms with Gasteiger partial charge in [0, 0.05) is 5.56 Å². The van der Waals surface area contributed by atoms with E-state index in [9.17, 15) is 14.7 Å². The van der Waals surface area contributed by atoms with Crippen LogP contribution in [-0.2, 0) is 11.2 Å². The zero-order valence-corrected chi connectivity index (χ0v) is 12.7. The first-order valence-electron chi connectivity index (χ1n) is 5.87. The first kappa shape index (κ1) is 15.4. The molecule has 1 unspecified atom stereocenters. The Morgan fingerprint density at radius 1 is 1.45 bits per heavy atom. The number of ether oxygens (including phenoxy) is 1. The monoisotopic (exact) mass is 335 g/mol. The lowest BCUT2D eigenvalue weighted by Crippen LogP contribution is -2.29. The second kappa shape index (κ2) is 5.43. The molecule has 108 valence electrons. The molecule has 1 atom stereocenters. The first-order valence-corrected chi connectivity index (χ1v) is 7.00. The molecule has 0 bridgehead atoms. The Kier molecular flexibility index (Phi) is 4.19. The predicted octanol–water partition coefficient (Wildman–Crippen LogP) is 2.25. The Bertz CT molecular complexity index is 600. The zero-order chi connectivity index (χ0) is 15.1. The maximum atomic E-state index is 12.3. The van der Waals surface area contributed by atoms with Gasteiger partial charge < -0.3 is 14.6 Å². The molecule has 0 spiro atoms. The van der Waals surface area contributed by atoms with E-state index in [0.29, 0.717) is 18.4 Å². The van der Waals surface area contributed by atoms with Gasteiger partial charge in [-0.1, -0.05) is 30.1 Å². The van der Waals surface area contributed by atoms with Crippen LogP contribution in [0.2, 0.25) is 10.0 Å². The molecule has 0 saturated heterocycles. The third-order valence-electron chi connectivity index (χ3n) is 3.27. The minimum Gasteiger partial charge on any atom is -0.546 e. The molecule has 0 radical (unpaired) electrons. The van der Waals surface area contributed by atoms with Crippen LogP contribution in [0.3, 0.4) is 0 Å². The molecule has 20 heavy (non-hydrogen) atoms. The van der Waals surface area contributed by atoms with E-state index in [1.807, 2.05) is 0 Å². The lowest BCUT2D eigenvalue weighted by molar-refractivity contribution is -0.307. The standard InChI is InChI=1S/C13H11Cl3O4/c1-2-13(16)4-6-3-7(20-5-8(17)18)10(14)11(15)9(6)12(13)19/h3H,2,4-5H2,1H3,(H,17,18)/p-1. The highest BCUT2D eigenvalue weighted by Crippen LogP contribution is 2.46. The number of benzene rings is 1. The van der Waals surface area contributed by atoms with Crippen molar-refractivity contribution in [2.75, 3.05) is 6.61 Å². The summed E-state index contributed by atoms with van der Waals surface area (Å²) in [6.07, 6.45) is 0.753. The van der Waals surface area contributed by atoms with Gasteiger partial charge in [-0.2, -0.15) is 0 Å². The fourth-order valence-corrected chi connectivity index (χ4v) is 2.91. The molecule has 1 aliphatic rings. The van der Waals surface area contributed by atoms with Crippen molar-refractivity contribution in [3.8, 4) is 5.75 Å². The molecule has 4 nitrogen and oxygen atoms in total. The van der Waals surface area contributed by atoms with Crippen molar-refractivity contribution in [2.45, 2.75) is 24.6 Å². The molecule has 0 saturated carbocycles. The van der Waals surface area contributed by atoms with Crippen molar-refractivity contribution in [3.05, 3.63) is 27.2 Å². The molecule has 0 fully saturated rings. The third kappa shape index (κ3) is 2.48. The van der Waals surface area contributed by atoms with Crippen molar-refractivity contribution in [1.29, 1.82) is 0 Å². The number of rotatable bonds is 4. The van der Waals surface area contributed by atoms with Crippen molar-refractivity contribution >= 4 is 46.6 Å². The molecule has 1 aliphatic carbocycles. The summed E-state index contributed by atoms with van der Waals surface area (Å²) in [5, 5.41) is 10.5. The summed E-state index contributed by atoms with van der Waals surface area (Å²) in [4.78, 5) is 21.7. The van der Waals surface area contributed by atoms with Crippen LogP contribution in [0, 0.1) is 0 Å². The SMILES string of the molecule is CCC1(Cl)Cc2cc(OCC(=O)[O-])c(Cl)c(Cl)c2C1=O. The Hall–Kier alpha value is -0.970. The summed E-state index contributed by atoms with van der Waals surface area (Å²) in [6.45, 7) is 1.16. The number of Topliss-reactive ketones (excluding diaryl/α,β-unsaturated/α-hetero) is 1. The topological polar surface area (TPSA) is 66.4 Å². The van der Waals surface area contributed by atoms with Crippen LogP contribution in [0.1, 0.15) is 29.3 Å². The fourth-order valence-electron chi connectivity index (χ4n) is 2.17. The number of halogens is 3. The van der Waals surface area contributed by atoms with E-state index in [-0.39, 0.29) is 27.1 Å². The number of carbonyl (C=O) groups excluding carboxylic acids is 2. The van der Waals surface area contributed by atoms with Gasteiger partial charge in [-0.15, -0.1) is 11.6 Å². The zero-order valence-electron chi connectivity index (χ0n) is 10.5. The smallest absolute Gasteiger partial charge is 0.185 e. The molecule has 1 aromatic carbocycles. The number of hydrogen-bond donors (Lipinski definition) is 0. The molecular weight excluding hydrogens is 326 g/mol. The maximum Gasteiger partial charge on any atom is 0.185 e. The van der Waals surface area contributed by atoms with Crippen LogP contribution < -0.4 is 9.84 Å². The van der Waals surface area contributed by atoms with Gasteiger partial charge in [0.15, 0.2) is 5.78 Å². The summed E-state index contributed by atoms with van der Waals surface area (Å²) in [5.41, 5.74) is 0.893. The number of ketones is 1. The summed E-state index contributed by atoms with van der Waals surface area (Å²) in [5.74, 6) is -1.55. The number of aliphatic carboxylic acids is 1. The molecule has 7 heteroatoms. The lowest BCUT2D eigenvalue weighted by atomic mass is 10.0. The van der Waals surface area contributed by atoms with E-state index in [0.717, 1.165) is 0 Å². The highest BCUT2D eigenvalue weighted by atomic mass is 35.5. The van der Waals surface area contributed by atoms with Gasteiger partial charge in [0.1, 0.15) is 22.3 Å². The van der Waals surface area contributed by atoms with E-state index in [4.69, 9.17) is 39.5 Å². The van der Waals surface area contributed by atoms with Gasteiger partial charge in [0.2, 0.25) is 0 Å². The van der Waals surface area contributed by atoms with Crippen LogP contribution in [0.15, 0.2) is 6.07 Å². The third-order valence-corrected chi connectivity index (χ3v) is 4.69. The normalized spacial score (nSPS) is 20.9. The Labute approximate surface area is 130 Å². The fraction of sp³-hybridized carbons (Fsp3) is 0.385. The van der Waals surface area contributed by atoms with Crippen LogP contribution in [0.4, 0.5) is 0 Å². The van der Waals surface area contributed by atoms with Gasteiger partial charge in [-0.3, -0.25) is 4.79 Å². The molecular formula is C13H10Cl3O4-. The molecule has 0 aliphatic heterocycles. The van der Waals surface area contributed by atoms with Crippen molar-refractivity contribution in [1.82, 2.24) is 0 Å². The number of carbonyl (C=O) groups is 2. The van der Waals surface area contributed by atoms with E-state index < -0.39 is 17.5 Å². The quantitative estimate of drug-likeness (QED) is 0.791. The molecule has 1 aromatic rings. The van der Waals surface area contributed by atoms with E-state index in [2.05, 4.69) is 0 Å². The van der Waals surface area contributed by atoms with Gasteiger partial charge in [-0.05, 0) is 24.5 Å². The van der Waals surface area contributed by atoms with Gasteiger partial charge in [-0.25, -0.2) is 0 Å². The first-order chi connectivity index (χ1) is 9.30. The highest BCUT2D eigenvalue weighted by Gasteiger charge is 2.44. The predicted molar refractivity (Wildman–Crippen MR) is 73.9 cm³/mol. The number of hydrogen-bond acceptors (Lipinski definition) is 4. The van der Waals surface area contributed by atoms with E-state index >= 15 is 0 Å². The van der Waals surface area contributed by atoms with Gasteiger partial charge >= 0.3 is 0 Å². The average molecular weight is 337 g/mol. The summed E-state index contributed by atoms with van der Waals surface area (Å²) in [6, 6.07) is 1.50. The summed E-state index contributed by atoms with van der Waals surface area (Å²) < 4.78 is 5.01. The number of alkyl halides is 1. The van der Waals surface area contributed by atoms with Crippen molar-refractivity contribution < 1.29 is 19.4 Å². The second-order valence-electron chi connectivity index (χ2n) is 4.52. The van der Waals surface area contributed by atoms with Crippen LogP contribution in [0.25, 0.3) is 0 Å². The Balaban J connectivity index is 2.46. The van der Waals surface area contributed by atoms with Gasteiger partial charge in [0.25, 0.3) is 0 Å². The lowest BCUT2D eigenvalue weighted by Gasteiger charge is -2.15. The average Bonchev–Trinajstić information content (AvgIpc) is 2.65. The van der Waals surface area contributed by atoms with Crippen LogP contribution in [0.5, 0.6) is 5.75 Å². The number of carboxylic acid groups (broad SMARTS) is 1. The summed E-state index contributed by atoms with van der Waals surface area (Å²) in [7, 11) is 0. The Morgan fingerprint density at radius 3 is 2.65 bits per heavy atom. The number of fused-ring (bicyclic) bond motifs is 1. The maximum absolute atomic E-state index is 12.3. The molecule has 0 heterocycles. The second-order valence-corrected chi connectivity index (χ2v) is 6.00. The van der Waals surface area contributed by atoms with E-state index in [1.54, 1.807) is 6.92 Å². The largest absolute Gasteiger partial charge is 0.546 e. The molecule has 0 N–H and O–H groups in total. The van der Waals surface area contributed by atoms with Crippen molar-refractivity contribution in [2.24, 2.45) is 0 Å². The molecule has 2 rings (SSSR count). The van der Waals surface area contributed by atoms with Crippen molar-refractivity contribution in [3.63, 3.8) is 0 Å². The minimum atomic E-state index is -1.38. The highest BCUT2D eigenvalue weighted by molar-refractivity contribution is 6.48.